The number of carbonyl (C=O) groups excluding carboxylic acids is 2. The van der Waals surface area contributed by atoms with Crippen LogP contribution < -0.4 is 25.6 Å². The Bertz CT molecular complexity index is 1980. The molecule has 3 N–H and O–H groups in total. The molecule has 0 spiro atoms. The van der Waals surface area contributed by atoms with Crippen LogP contribution in [0.5, 0.6) is 11.5 Å². The highest BCUT2D eigenvalue weighted by Crippen LogP contribution is 2.30. The number of rotatable bonds is 10. The molecule has 14 heteroatoms. The maximum Gasteiger partial charge on any atom is 0.493 e. The standard InChI is InChI=1S/C30H22BIN4O6S2/c1-40-21-9-11-23-25(14-21)43-29(33-23)35-27(37)17-5-7-19(8-6-17)31(39)42-16-41-22-10-12-24-26(15-22)44-30(34-24)36-28(38)18-3-2-4-20(32)13-18/h2-15,39H,16H2,1H3,(H,33,35,37)(H,34,36,38). The number of ether oxygens (including phenoxy) is 2. The second-order valence-electron chi connectivity index (χ2n) is 9.32. The highest BCUT2D eigenvalue weighted by atomic mass is 127. The first-order valence-electron chi connectivity index (χ1n) is 13.1. The molecule has 6 aromatic rings. The van der Waals surface area contributed by atoms with Crippen LogP contribution in [0.1, 0.15) is 20.7 Å². The zero-order valence-electron chi connectivity index (χ0n) is 22.9. The summed E-state index contributed by atoms with van der Waals surface area (Å²) in [7, 11) is 0.334. The van der Waals surface area contributed by atoms with E-state index in [9.17, 15) is 14.6 Å². The van der Waals surface area contributed by atoms with Crippen molar-refractivity contribution in [1.82, 2.24) is 9.97 Å². The molecule has 10 nitrogen and oxygen atoms in total. The van der Waals surface area contributed by atoms with Crippen LogP contribution in [0.4, 0.5) is 10.3 Å². The molecule has 0 radical (unpaired) electrons. The van der Waals surface area contributed by atoms with E-state index in [0.29, 0.717) is 38.1 Å². The minimum absolute atomic E-state index is 0.216. The number of anilines is 2. The Kier molecular flexibility index (Phi) is 9.04. The third-order valence-corrected chi connectivity index (χ3v) is 8.93. The first-order chi connectivity index (χ1) is 21.3. The average Bonchev–Trinajstić information content (AvgIpc) is 3.62. The zero-order chi connectivity index (χ0) is 30.6. The van der Waals surface area contributed by atoms with Gasteiger partial charge in [-0.25, -0.2) is 9.97 Å². The van der Waals surface area contributed by atoms with Crippen LogP contribution in [0.2, 0.25) is 0 Å². The lowest BCUT2D eigenvalue weighted by Crippen LogP contribution is -2.35. The van der Waals surface area contributed by atoms with Gasteiger partial charge >= 0.3 is 7.12 Å². The molecule has 6 rings (SSSR count). The van der Waals surface area contributed by atoms with Gasteiger partial charge in [-0.05, 0) is 94.8 Å². The van der Waals surface area contributed by atoms with Crippen molar-refractivity contribution in [2.45, 2.75) is 0 Å². The predicted molar refractivity (Wildman–Crippen MR) is 181 cm³/mol. The smallest absolute Gasteiger partial charge is 0.493 e. The molecule has 0 saturated carbocycles. The molecule has 2 heterocycles. The number of methoxy groups -OCH3 is 1. The number of carbonyl (C=O) groups is 2. The van der Waals surface area contributed by atoms with Crippen molar-refractivity contribution in [1.29, 1.82) is 0 Å². The van der Waals surface area contributed by atoms with Crippen molar-refractivity contribution in [3.63, 3.8) is 0 Å². The summed E-state index contributed by atoms with van der Waals surface area (Å²) in [5.41, 5.74) is 2.90. The van der Waals surface area contributed by atoms with Gasteiger partial charge in [0.05, 0.1) is 27.5 Å². The molecule has 4 aromatic carbocycles. The Morgan fingerprint density at radius 3 is 2.07 bits per heavy atom. The first-order valence-corrected chi connectivity index (χ1v) is 15.8. The number of amides is 2. The molecule has 0 saturated heterocycles. The number of hydrogen-bond acceptors (Lipinski definition) is 10. The van der Waals surface area contributed by atoms with Crippen molar-refractivity contribution in [3.05, 3.63) is 99.6 Å². The van der Waals surface area contributed by atoms with Crippen LogP contribution in [0, 0.1) is 3.57 Å². The van der Waals surface area contributed by atoms with E-state index in [-0.39, 0.29) is 18.6 Å². The second-order valence-corrected chi connectivity index (χ2v) is 12.6. The molecule has 0 aliphatic heterocycles. The fourth-order valence-electron chi connectivity index (χ4n) is 4.16. The minimum atomic E-state index is -1.26. The van der Waals surface area contributed by atoms with Crippen LogP contribution in [0.15, 0.2) is 84.9 Å². The predicted octanol–water partition coefficient (Wildman–Crippen LogP) is 5.76. The monoisotopic (exact) mass is 736 g/mol. The van der Waals surface area contributed by atoms with Gasteiger partial charge in [-0.3, -0.25) is 20.2 Å². The molecule has 2 amide bonds. The molecular weight excluding hydrogens is 714 g/mol. The van der Waals surface area contributed by atoms with E-state index in [1.165, 1.54) is 22.7 Å². The van der Waals surface area contributed by atoms with Crippen molar-refractivity contribution in [2.24, 2.45) is 0 Å². The fourth-order valence-corrected chi connectivity index (χ4v) is 6.49. The summed E-state index contributed by atoms with van der Waals surface area (Å²) in [5, 5.41) is 17.1. The quantitative estimate of drug-likeness (QED) is 0.0920. The van der Waals surface area contributed by atoms with Crippen LogP contribution in [0.3, 0.4) is 0 Å². The summed E-state index contributed by atoms with van der Waals surface area (Å²) in [6.07, 6.45) is 0. The number of benzene rings is 4. The molecule has 44 heavy (non-hydrogen) atoms. The van der Waals surface area contributed by atoms with Gasteiger partial charge in [0.2, 0.25) is 0 Å². The van der Waals surface area contributed by atoms with E-state index < -0.39 is 7.12 Å². The van der Waals surface area contributed by atoms with Gasteiger partial charge in [-0.2, -0.15) is 0 Å². The molecule has 0 unspecified atom stereocenters. The van der Waals surface area contributed by atoms with Gasteiger partial charge in [0.1, 0.15) is 11.5 Å². The topological polar surface area (TPSA) is 132 Å². The Morgan fingerprint density at radius 2 is 1.43 bits per heavy atom. The summed E-state index contributed by atoms with van der Waals surface area (Å²) in [6.45, 7) is -0.216. The van der Waals surface area contributed by atoms with E-state index in [1.54, 1.807) is 61.7 Å². The summed E-state index contributed by atoms with van der Waals surface area (Å²) in [5.74, 6) is 0.683. The summed E-state index contributed by atoms with van der Waals surface area (Å²) >= 11 is 4.84. The summed E-state index contributed by atoms with van der Waals surface area (Å²) in [4.78, 5) is 34.2. The van der Waals surface area contributed by atoms with Crippen LogP contribution in [-0.4, -0.2) is 47.8 Å². The molecule has 0 fully saturated rings. The SMILES string of the molecule is COc1ccc2nc(NC(=O)c3ccc(B(O)OCOc4ccc5nc(NC(=O)c6cccc(I)c6)sc5c4)cc3)sc2c1. The second kappa shape index (κ2) is 13.3. The molecule has 0 aliphatic rings. The van der Waals surface area contributed by atoms with Gasteiger partial charge in [0.15, 0.2) is 17.1 Å². The first kappa shape index (κ1) is 30.0. The molecule has 0 aliphatic carbocycles. The van der Waals surface area contributed by atoms with Crippen LogP contribution >= 0.6 is 45.3 Å². The zero-order valence-corrected chi connectivity index (χ0v) is 26.7. The van der Waals surface area contributed by atoms with E-state index >= 15 is 0 Å². The number of hydrogen-bond donors (Lipinski definition) is 3. The molecule has 220 valence electrons. The highest BCUT2D eigenvalue weighted by molar-refractivity contribution is 14.1. The van der Waals surface area contributed by atoms with Gasteiger partial charge in [-0.15, -0.1) is 0 Å². The number of fused-ring (bicyclic) bond motifs is 2. The number of halogens is 1. The molecule has 0 bridgehead atoms. The Hall–Kier alpha value is -4.09. The lowest BCUT2D eigenvalue weighted by atomic mass is 9.79. The van der Waals surface area contributed by atoms with Gasteiger partial charge in [0, 0.05) is 14.7 Å². The van der Waals surface area contributed by atoms with E-state index in [0.717, 1.165) is 24.2 Å². The van der Waals surface area contributed by atoms with E-state index in [2.05, 4.69) is 43.2 Å². The third-order valence-electron chi connectivity index (χ3n) is 6.39. The van der Waals surface area contributed by atoms with Crippen molar-refractivity contribution in [3.8, 4) is 11.5 Å². The lowest BCUT2D eigenvalue weighted by molar-refractivity contribution is 0.101. The Labute approximate surface area is 273 Å². The van der Waals surface area contributed by atoms with Crippen molar-refractivity contribution >= 4 is 100 Å². The third kappa shape index (κ3) is 7.00. The summed E-state index contributed by atoms with van der Waals surface area (Å²) in [6, 6.07) is 24.5. The Morgan fingerprint density at radius 1 is 0.818 bits per heavy atom. The van der Waals surface area contributed by atoms with Crippen LogP contribution in [0.25, 0.3) is 20.4 Å². The van der Waals surface area contributed by atoms with Crippen molar-refractivity contribution < 1.29 is 28.7 Å². The van der Waals surface area contributed by atoms with Crippen LogP contribution in [-0.2, 0) is 4.65 Å². The molecular formula is C30H22BIN4O6S2. The van der Waals surface area contributed by atoms with Gasteiger partial charge in [0.25, 0.3) is 11.8 Å². The number of nitrogens with one attached hydrogen (secondary N) is 2. The number of aromatic nitrogens is 2. The van der Waals surface area contributed by atoms with E-state index in [1.807, 2.05) is 30.3 Å². The number of thiazole rings is 2. The highest BCUT2D eigenvalue weighted by Gasteiger charge is 2.18. The minimum Gasteiger partial charge on any atom is -0.497 e. The van der Waals surface area contributed by atoms with E-state index in [4.69, 9.17) is 14.1 Å². The number of nitrogens with zero attached hydrogens (tertiary/aromatic N) is 2. The lowest BCUT2D eigenvalue weighted by Gasteiger charge is -2.10. The average molecular weight is 736 g/mol. The maximum absolute atomic E-state index is 12.7. The largest absolute Gasteiger partial charge is 0.497 e. The maximum atomic E-state index is 12.7. The normalized spacial score (nSPS) is 11.0. The molecule has 2 aromatic heterocycles. The van der Waals surface area contributed by atoms with Crippen molar-refractivity contribution in [2.75, 3.05) is 24.5 Å². The molecule has 0 atom stereocenters. The Balaban J connectivity index is 1.01. The van der Waals surface area contributed by atoms with Gasteiger partial charge in [-0.1, -0.05) is 40.9 Å². The fraction of sp³-hybridized carbons (Fsp3) is 0.0667. The van der Waals surface area contributed by atoms with Gasteiger partial charge < -0.3 is 19.2 Å². The summed E-state index contributed by atoms with van der Waals surface area (Å²) < 4.78 is 19.1.